The smallest absolute Gasteiger partial charge is 0.265 e. The molecule has 0 saturated heterocycles. The zero-order chi connectivity index (χ0) is 16.5. The van der Waals surface area contributed by atoms with Crippen LogP contribution in [0.3, 0.4) is 0 Å². The number of rotatable bonds is 8. The first-order valence-corrected chi connectivity index (χ1v) is 8.00. The maximum Gasteiger partial charge on any atom is 0.265 e. The van der Waals surface area contributed by atoms with Crippen molar-refractivity contribution in [2.45, 2.75) is 26.5 Å². The van der Waals surface area contributed by atoms with Gasteiger partial charge >= 0.3 is 0 Å². The van der Waals surface area contributed by atoms with E-state index in [1.807, 2.05) is 60.7 Å². The van der Waals surface area contributed by atoms with Gasteiger partial charge in [-0.25, -0.2) is 5.48 Å². The van der Waals surface area contributed by atoms with E-state index in [2.05, 4.69) is 24.2 Å². The Hall–Kier alpha value is -2.17. The molecule has 2 rings (SSSR count). The molecule has 0 aliphatic carbocycles. The van der Waals surface area contributed by atoms with Gasteiger partial charge in [0.05, 0.1) is 6.61 Å². The lowest BCUT2D eigenvalue weighted by atomic mass is 10.0. The van der Waals surface area contributed by atoms with Crippen molar-refractivity contribution in [3.8, 4) is 0 Å². The molecule has 4 nitrogen and oxygen atoms in total. The van der Waals surface area contributed by atoms with Gasteiger partial charge in [-0.3, -0.25) is 14.5 Å². The molecule has 0 fully saturated rings. The Labute approximate surface area is 138 Å². The molecule has 0 aromatic heterocycles. The SMILES string of the molecule is CCN(CC)C(C(=O)NOCc1ccccc1)c1ccccc1. The number of hydroxylamine groups is 1. The number of nitrogens with zero attached hydrogens (tertiary/aromatic N) is 1. The first-order valence-electron chi connectivity index (χ1n) is 8.00. The Morgan fingerprint density at radius 3 is 2.13 bits per heavy atom. The van der Waals surface area contributed by atoms with E-state index in [9.17, 15) is 4.79 Å². The van der Waals surface area contributed by atoms with Gasteiger partial charge < -0.3 is 0 Å². The molecular weight excluding hydrogens is 288 g/mol. The molecule has 2 aromatic rings. The van der Waals surface area contributed by atoms with Gasteiger partial charge in [-0.2, -0.15) is 0 Å². The van der Waals surface area contributed by atoms with E-state index in [4.69, 9.17) is 4.84 Å². The Bertz CT molecular complexity index is 583. The lowest BCUT2D eigenvalue weighted by Gasteiger charge is -2.28. The summed E-state index contributed by atoms with van der Waals surface area (Å²) in [5, 5.41) is 0. The van der Waals surface area contributed by atoms with Crippen molar-refractivity contribution in [3.63, 3.8) is 0 Å². The molecule has 1 atom stereocenters. The van der Waals surface area contributed by atoms with Crippen LogP contribution in [0.1, 0.15) is 31.0 Å². The topological polar surface area (TPSA) is 41.6 Å². The van der Waals surface area contributed by atoms with E-state index >= 15 is 0 Å². The van der Waals surface area contributed by atoms with Crippen LogP contribution in [0.15, 0.2) is 60.7 Å². The van der Waals surface area contributed by atoms with Crippen LogP contribution in [-0.4, -0.2) is 23.9 Å². The zero-order valence-electron chi connectivity index (χ0n) is 13.7. The minimum atomic E-state index is -0.345. The summed E-state index contributed by atoms with van der Waals surface area (Å²) in [6.07, 6.45) is 0. The van der Waals surface area contributed by atoms with Crippen molar-refractivity contribution in [1.29, 1.82) is 0 Å². The second kappa shape index (κ2) is 9.08. The number of likely N-dealkylation sites (N-methyl/N-ethyl adjacent to an activating group) is 1. The van der Waals surface area contributed by atoms with E-state index in [-0.39, 0.29) is 11.9 Å². The molecule has 0 aliphatic rings. The van der Waals surface area contributed by atoms with E-state index in [0.717, 1.165) is 24.2 Å². The molecule has 0 spiro atoms. The highest BCUT2D eigenvalue weighted by Crippen LogP contribution is 2.20. The molecule has 0 radical (unpaired) electrons. The number of amides is 1. The first kappa shape index (κ1) is 17.2. The quantitative estimate of drug-likeness (QED) is 0.760. The maximum atomic E-state index is 12.6. The normalized spacial score (nSPS) is 12.1. The lowest BCUT2D eigenvalue weighted by Crippen LogP contribution is -2.40. The molecule has 1 amide bonds. The zero-order valence-corrected chi connectivity index (χ0v) is 13.7. The van der Waals surface area contributed by atoms with Crippen molar-refractivity contribution in [2.75, 3.05) is 13.1 Å². The maximum absolute atomic E-state index is 12.6. The summed E-state index contributed by atoms with van der Waals surface area (Å²) < 4.78 is 0. The van der Waals surface area contributed by atoms with Crippen LogP contribution in [0.5, 0.6) is 0 Å². The second-order valence-corrected chi connectivity index (χ2v) is 5.28. The largest absolute Gasteiger partial charge is 0.289 e. The Balaban J connectivity index is 2.02. The summed E-state index contributed by atoms with van der Waals surface area (Å²) in [6.45, 7) is 6.05. The van der Waals surface area contributed by atoms with Crippen LogP contribution in [0.4, 0.5) is 0 Å². The van der Waals surface area contributed by atoms with Crippen molar-refractivity contribution >= 4 is 5.91 Å². The summed E-state index contributed by atoms with van der Waals surface area (Å²) in [4.78, 5) is 20.1. The predicted molar refractivity (Wildman–Crippen MR) is 91.5 cm³/mol. The Morgan fingerprint density at radius 1 is 1.00 bits per heavy atom. The fourth-order valence-corrected chi connectivity index (χ4v) is 2.57. The molecule has 0 aliphatic heterocycles. The van der Waals surface area contributed by atoms with Crippen molar-refractivity contribution < 1.29 is 9.63 Å². The summed E-state index contributed by atoms with van der Waals surface area (Å²) in [5.74, 6) is -0.143. The van der Waals surface area contributed by atoms with Crippen LogP contribution >= 0.6 is 0 Å². The van der Waals surface area contributed by atoms with E-state index in [0.29, 0.717) is 6.61 Å². The number of benzene rings is 2. The van der Waals surface area contributed by atoms with Crippen LogP contribution in [-0.2, 0) is 16.2 Å². The molecule has 0 bridgehead atoms. The number of hydrogen-bond donors (Lipinski definition) is 1. The predicted octanol–water partition coefficient (Wildman–Crippen LogP) is 3.32. The Kier molecular flexibility index (Phi) is 6.78. The summed E-state index contributed by atoms with van der Waals surface area (Å²) in [5.41, 5.74) is 4.59. The highest BCUT2D eigenvalue weighted by Gasteiger charge is 2.25. The summed E-state index contributed by atoms with van der Waals surface area (Å²) >= 11 is 0. The third kappa shape index (κ3) is 4.91. The number of hydrogen-bond acceptors (Lipinski definition) is 3. The summed E-state index contributed by atoms with van der Waals surface area (Å²) in [6, 6.07) is 19.2. The minimum absolute atomic E-state index is 0.143. The van der Waals surface area contributed by atoms with Crippen LogP contribution in [0, 0.1) is 0 Å². The molecule has 4 heteroatoms. The molecular formula is C19H24N2O2. The third-order valence-electron chi connectivity index (χ3n) is 3.80. The van der Waals surface area contributed by atoms with Gasteiger partial charge in [0.15, 0.2) is 0 Å². The number of nitrogens with one attached hydrogen (secondary N) is 1. The van der Waals surface area contributed by atoms with Crippen molar-refractivity contribution in [2.24, 2.45) is 0 Å². The second-order valence-electron chi connectivity index (χ2n) is 5.28. The lowest BCUT2D eigenvalue weighted by molar-refractivity contribution is -0.140. The van der Waals surface area contributed by atoms with Gasteiger partial charge in [0.25, 0.3) is 5.91 Å². The fourth-order valence-electron chi connectivity index (χ4n) is 2.57. The van der Waals surface area contributed by atoms with Gasteiger partial charge in [-0.15, -0.1) is 0 Å². The van der Waals surface area contributed by atoms with Gasteiger partial charge in [0.2, 0.25) is 0 Å². The molecule has 23 heavy (non-hydrogen) atoms. The first-order chi connectivity index (χ1) is 11.3. The summed E-state index contributed by atoms with van der Waals surface area (Å²) in [7, 11) is 0. The monoisotopic (exact) mass is 312 g/mol. The third-order valence-corrected chi connectivity index (χ3v) is 3.80. The Morgan fingerprint density at radius 2 is 1.57 bits per heavy atom. The minimum Gasteiger partial charge on any atom is -0.289 e. The number of carbonyl (C=O) groups excluding carboxylic acids is 1. The molecule has 0 heterocycles. The van der Waals surface area contributed by atoms with E-state index in [1.54, 1.807) is 0 Å². The van der Waals surface area contributed by atoms with Gasteiger partial charge in [-0.1, -0.05) is 74.5 Å². The van der Waals surface area contributed by atoms with Crippen LogP contribution in [0.2, 0.25) is 0 Å². The van der Waals surface area contributed by atoms with Crippen LogP contribution < -0.4 is 5.48 Å². The van der Waals surface area contributed by atoms with E-state index < -0.39 is 0 Å². The average molecular weight is 312 g/mol. The highest BCUT2D eigenvalue weighted by molar-refractivity contribution is 5.82. The fraction of sp³-hybridized carbons (Fsp3) is 0.316. The van der Waals surface area contributed by atoms with Crippen molar-refractivity contribution in [3.05, 3.63) is 71.8 Å². The molecule has 1 N–H and O–H groups in total. The van der Waals surface area contributed by atoms with Gasteiger partial charge in [-0.05, 0) is 24.2 Å². The molecule has 2 aromatic carbocycles. The van der Waals surface area contributed by atoms with E-state index in [1.165, 1.54) is 0 Å². The van der Waals surface area contributed by atoms with Crippen LogP contribution in [0.25, 0.3) is 0 Å². The van der Waals surface area contributed by atoms with Gasteiger partial charge in [0.1, 0.15) is 6.04 Å². The molecule has 1 unspecified atom stereocenters. The van der Waals surface area contributed by atoms with Gasteiger partial charge in [0, 0.05) is 0 Å². The average Bonchev–Trinajstić information content (AvgIpc) is 2.61. The molecule has 122 valence electrons. The number of carbonyl (C=O) groups is 1. The highest BCUT2D eigenvalue weighted by atomic mass is 16.6. The van der Waals surface area contributed by atoms with Crippen molar-refractivity contribution in [1.82, 2.24) is 10.4 Å². The molecule has 0 saturated carbocycles. The standard InChI is InChI=1S/C19H24N2O2/c1-3-21(4-2)18(17-13-9-6-10-14-17)19(22)20-23-15-16-11-7-5-8-12-16/h5-14,18H,3-4,15H2,1-2H3,(H,20,22).